The Balaban J connectivity index is 1.47. The zero-order valence-corrected chi connectivity index (χ0v) is 17.0. The molecule has 166 valence electrons. The van der Waals surface area contributed by atoms with Crippen molar-refractivity contribution in [2.75, 3.05) is 42.9 Å². The van der Waals surface area contributed by atoms with Gasteiger partial charge in [-0.05, 0) is 36.8 Å². The standard InChI is InChI=1S/C21H23F3N4O3/c1-15-13-18(28(30)31)5-6-19(15)25-20(29)7-8-26-9-11-27(12-10-26)17-4-2-3-16(14-17)21(22,23)24/h2-6,13-14H,7-12H2,1H3,(H,25,29). The first kappa shape index (κ1) is 22.5. The minimum Gasteiger partial charge on any atom is -0.369 e. The number of halogens is 3. The molecule has 2 aromatic carbocycles. The highest BCUT2D eigenvalue weighted by Crippen LogP contribution is 2.32. The Morgan fingerprint density at radius 3 is 2.45 bits per heavy atom. The summed E-state index contributed by atoms with van der Waals surface area (Å²) in [6.45, 7) is 4.64. The number of nitro benzene ring substituents is 1. The molecule has 0 atom stereocenters. The molecule has 3 rings (SSSR count). The van der Waals surface area contributed by atoms with Crippen LogP contribution in [0.4, 0.5) is 30.2 Å². The second-order valence-electron chi connectivity index (χ2n) is 7.43. The van der Waals surface area contributed by atoms with Crippen LogP contribution in [0.3, 0.4) is 0 Å². The summed E-state index contributed by atoms with van der Waals surface area (Å²) in [5.74, 6) is -0.197. The molecular weight excluding hydrogens is 413 g/mol. The predicted molar refractivity (Wildman–Crippen MR) is 111 cm³/mol. The van der Waals surface area contributed by atoms with E-state index in [9.17, 15) is 28.1 Å². The van der Waals surface area contributed by atoms with Crippen LogP contribution in [0.25, 0.3) is 0 Å². The topological polar surface area (TPSA) is 78.7 Å². The summed E-state index contributed by atoms with van der Waals surface area (Å²) in [7, 11) is 0. The largest absolute Gasteiger partial charge is 0.416 e. The fourth-order valence-electron chi connectivity index (χ4n) is 3.48. The van der Waals surface area contributed by atoms with Crippen molar-refractivity contribution in [2.24, 2.45) is 0 Å². The molecule has 1 amide bonds. The molecular formula is C21H23F3N4O3. The van der Waals surface area contributed by atoms with Crippen molar-refractivity contribution in [3.63, 3.8) is 0 Å². The van der Waals surface area contributed by atoms with Gasteiger partial charge >= 0.3 is 6.18 Å². The van der Waals surface area contributed by atoms with Crippen molar-refractivity contribution in [3.8, 4) is 0 Å². The molecule has 7 nitrogen and oxygen atoms in total. The number of nitrogens with one attached hydrogen (secondary N) is 1. The van der Waals surface area contributed by atoms with Crippen LogP contribution >= 0.6 is 0 Å². The van der Waals surface area contributed by atoms with Crippen LogP contribution in [0, 0.1) is 17.0 Å². The van der Waals surface area contributed by atoms with Crippen LogP contribution in [0.1, 0.15) is 17.5 Å². The van der Waals surface area contributed by atoms with Crippen LogP contribution in [0.15, 0.2) is 42.5 Å². The van der Waals surface area contributed by atoms with E-state index >= 15 is 0 Å². The Kier molecular flexibility index (Phi) is 6.79. The minimum absolute atomic E-state index is 0.0332. The normalized spacial score (nSPS) is 15.0. The summed E-state index contributed by atoms with van der Waals surface area (Å²) in [4.78, 5) is 26.6. The van der Waals surface area contributed by atoms with Crippen LogP contribution in [0.5, 0.6) is 0 Å². The van der Waals surface area contributed by atoms with Gasteiger partial charge in [-0.25, -0.2) is 0 Å². The number of amides is 1. The minimum atomic E-state index is -4.37. The first-order valence-corrected chi connectivity index (χ1v) is 9.83. The van der Waals surface area contributed by atoms with Gasteiger partial charge in [0.05, 0.1) is 10.5 Å². The molecule has 0 radical (unpaired) electrons. The third-order valence-electron chi connectivity index (χ3n) is 5.26. The third-order valence-corrected chi connectivity index (χ3v) is 5.26. The fourth-order valence-corrected chi connectivity index (χ4v) is 3.48. The number of nitro groups is 1. The van der Waals surface area contributed by atoms with Crippen LogP contribution in [0.2, 0.25) is 0 Å². The van der Waals surface area contributed by atoms with Gasteiger partial charge in [-0.15, -0.1) is 0 Å². The molecule has 10 heteroatoms. The smallest absolute Gasteiger partial charge is 0.369 e. The highest BCUT2D eigenvalue weighted by Gasteiger charge is 2.31. The predicted octanol–water partition coefficient (Wildman–Crippen LogP) is 4.07. The second kappa shape index (κ2) is 9.34. The molecule has 0 saturated carbocycles. The zero-order valence-electron chi connectivity index (χ0n) is 17.0. The molecule has 2 aromatic rings. The molecule has 0 aliphatic carbocycles. The summed E-state index contributed by atoms with van der Waals surface area (Å²) in [5, 5.41) is 13.6. The summed E-state index contributed by atoms with van der Waals surface area (Å²) in [6, 6.07) is 9.57. The highest BCUT2D eigenvalue weighted by atomic mass is 19.4. The first-order chi connectivity index (χ1) is 14.6. The average molecular weight is 436 g/mol. The molecule has 0 spiro atoms. The maximum absolute atomic E-state index is 12.9. The lowest BCUT2D eigenvalue weighted by atomic mass is 10.1. The number of piperazine rings is 1. The van der Waals surface area contributed by atoms with Crippen molar-refractivity contribution in [3.05, 3.63) is 63.7 Å². The van der Waals surface area contributed by atoms with Gasteiger partial charge in [-0.3, -0.25) is 19.8 Å². The summed E-state index contributed by atoms with van der Waals surface area (Å²) < 4.78 is 38.7. The molecule has 0 unspecified atom stereocenters. The van der Waals surface area contributed by atoms with Crippen molar-refractivity contribution in [1.82, 2.24) is 4.90 Å². The molecule has 1 aliphatic rings. The van der Waals surface area contributed by atoms with Crippen molar-refractivity contribution in [1.29, 1.82) is 0 Å². The SMILES string of the molecule is Cc1cc([N+](=O)[O-])ccc1NC(=O)CCN1CCN(c2cccc(C(F)(F)F)c2)CC1. The maximum Gasteiger partial charge on any atom is 0.416 e. The monoisotopic (exact) mass is 436 g/mol. The Labute approximate surface area is 177 Å². The molecule has 31 heavy (non-hydrogen) atoms. The number of benzene rings is 2. The van der Waals surface area contributed by atoms with Gasteiger partial charge < -0.3 is 10.2 Å². The number of nitrogens with zero attached hydrogens (tertiary/aromatic N) is 3. The summed E-state index contributed by atoms with van der Waals surface area (Å²) >= 11 is 0. The number of aryl methyl sites for hydroxylation is 1. The Morgan fingerprint density at radius 2 is 1.84 bits per heavy atom. The lowest BCUT2D eigenvalue weighted by molar-refractivity contribution is -0.384. The van der Waals surface area contributed by atoms with E-state index in [4.69, 9.17) is 0 Å². The molecule has 1 aliphatic heterocycles. The Morgan fingerprint density at radius 1 is 1.13 bits per heavy atom. The fraction of sp³-hybridized carbons (Fsp3) is 0.381. The van der Waals surface area contributed by atoms with E-state index in [0.29, 0.717) is 49.7 Å². The van der Waals surface area contributed by atoms with Gasteiger partial charge in [-0.1, -0.05) is 6.07 Å². The van der Waals surface area contributed by atoms with Gasteiger partial charge in [0.2, 0.25) is 5.91 Å². The van der Waals surface area contributed by atoms with Crippen LogP contribution in [-0.4, -0.2) is 48.5 Å². The van der Waals surface area contributed by atoms with Gasteiger partial charge in [-0.2, -0.15) is 13.2 Å². The first-order valence-electron chi connectivity index (χ1n) is 9.83. The molecule has 1 fully saturated rings. The third kappa shape index (κ3) is 5.94. The molecule has 1 heterocycles. The highest BCUT2D eigenvalue weighted by molar-refractivity contribution is 5.91. The molecule has 0 aromatic heterocycles. The van der Waals surface area contributed by atoms with Gasteiger partial charge in [0.15, 0.2) is 0 Å². The summed E-state index contributed by atoms with van der Waals surface area (Å²) in [6.07, 6.45) is -4.12. The van der Waals surface area contributed by atoms with Crippen LogP contribution in [-0.2, 0) is 11.0 Å². The number of rotatable bonds is 6. The quantitative estimate of drug-likeness (QED) is 0.546. The maximum atomic E-state index is 12.9. The Hall–Kier alpha value is -3.14. The van der Waals surface area contributed by atoms with Crippen molar-refractivity contribution < 1.29 is 22.9 Å². The van der Waals surface area contributed by atoms with Crippen molar-refractivity contribution >= 4 is 23.0 Å². The van der Waals surface area contributed by atoms with Gasteiger partial charge in [0.1, 0.15) is 0 Å². The number of hydrogen-bond acceptors (Lipinski definition) is 5. The Bertz CT molecular complexity index is 957. The number of non-ortho nitro benzene ring substituents is 1. The number of alkyl halides is 3. The average Bonchev–Trinajstić information content (AvgIpc) is 2.73. The summed E-state index contributed by atoms with van der Waals surface area (Å²) in [5.41, 5.74) is 0.989. The van der Waals surface area contributed by atoms with E-state index in [0.717, 1.165) is 12.1 Å². The zero-order chi connectivity index (χ0) is 22.6. The van der Waals surface area contributed by atoms with E-state index in [-0.39, 0.29) is 18.0 Å². The number of carbonyl (C=O) groups is 1. The van der Waals surface area contributed by atoms with Crippen molar-refractivity contribution in [2.45, 2.75) is 19.5 Å². The molecule has 1 N–H and O–H groups in total. The lowest BCUT2D eigenvalue weighted by Gasteiger charge is -2.36. The van der Waals surface area contributed by atoms with E-state index < -0.39 is 16.7 Å². The van der Waals surface area contributed by atoms with E-state index in [1.807, 2.05) is 4.90 Å². The second-order valence-corrected chi connectivity index (χ2v) is 7.43. The van der Waals surface area contributed by atoms with Crippen LogP contribution < -0.4 is 10.2 Å². The lowest BCUT2D eigenvalue weighted by Crippen LogP contribution is -2.47. The molecule has 0 bridgehead atoms. The molecule has 1 saturated heterocycles. The number of hydrogen-bond donors (Lipinski definition) is 1. The number of carbonyl (C=O) groups excluding carboxylic acids is 1. The van der Waals surface area contributed by atoms with Gasteiger partial charge in [0, 0.05) is 62.7 Å². The number of anilines is 2. The van der Waals surface area contributed by atoms with E-state index in [1.165, 1.54) is 24.3 Å². The van der Waals surface area contributed by atoms with E-state index in [2.05, 4.69) is 10.2 Å². The van der Waals surface area contributed by atoms with E-state index in [1.54, 1.807) is 13.0 Å². The van der Waals surface area contributed by atoms with Gasteiger partial charge in [0.25, 0.3) is 5.69 Å².